The largest absolute Gasteiger partial charge is 0.469 e. The van der Waals surface area contributed by atoms with Crippen LogP contribution in [0.1, 0.15) is 37.5 Å². The van der Waals surface area contributed by atoms with Gasteiger partial charge in [0, 0.05) is 19.0 Å². The van der Waals surface area contributed by atoms with E-state index in [2.05, 4.69) is 9.88 Å². The number of fused-ring (bicyclic) bond motifs is 1. The molecule has 28 heavy (non-hydrogen) atoms. The van der Waals surface area contributed by atoms with E-state index in [1.54, 1.807) is 0 Å². The third kappa shape index (κ3) is 4.04. The highest BCUT2D eigenvalue weighted by Gasteiger charge is 2.30. The minimum absolute atomic E-state index is 0.0684. The lowest BCUT2D eigenvalue weighted by Gasteiger charge is -2.34. The third-order valence-corrected chi connectivity index (χ3v) is 5.99. The first kappa shape index (κ1) is 18.9. The number of hydrogen-bond acceptors (Lipinski definition) is 6. The summed E-state index contributed by atoms with van der Waals surface area (Å²) in [4.78, 5) is 33.0. The topological polar surface area (TPSA) is 75.9 Å². The monoisotopic (exact) mass is 385 g/mol. The number of oxazole rings is 1. The summed E-state index contributed by atoms with van der Waals surface area (Å²) in [7, 11) is 1.42. The second-order valence-electron chi connectivity index (χ2n) is 7.75. The Morgan fingerprint density at radius 3 is 2.50 bits per heavy atom. The van der Waals surface area contributed by atoms with E-state index in [1.165, 1.54) is 7.11 Å². The van der Waals surface area contributed by atoms with E-state index in [0.29, 0.717) is 38.4 Å². The van der Waals surface area contributed by atoms with Crippen LogP contribution in [0.15, 0.2) is 28.7 Å². The van der Waals surface area contributed by atoms with Crippen LogP contribution in [0.2, 0.25) is 0 Å². The van der Waals surface area contributed by atoms with Crippen LogP contribution in [0.3, 0.4) is 0 Å². The van der Waals surface area contributed by atoms with Gasteiger partial charge in [-0.25, -0.2) is 4.98 Å². The number of esters is 1. The van der Waals surface area contributed by atoms with Crippen LogP contribution in [0.5, 0.6) is 0 Å². The lowest BCUT2D eigenvalue weighted by molar-refractivity contribution is -0.149. The number of methoxy groups -OCH3 is 1. The normalized spacial score (nSPS) is 19.8. The summed E-state index contributed by atoms with van der Waals surface area (Å²) in [6, 6.07) is 7.85. The number of para-hydroxylation sites is 2. The van der Waals surface area contributed by atoms with Crippen molar-refractivity contribution in [3.63, 3.8) is 0 Å². The van der Waals surface area contributed by atoms with Crippen LogP contribution in [0.4, 0.5) is 0 Å². The van der Waals surface area contributed by atoms with Crippen LogP contribution in [0, 0.1) is 5.92 Å². The molecule has 4 rings (SSSR count). The van der Waals surface area contributed by atoms with Gasteiger partial charge in [-0.2, -0.15) is 0 Å². The van der Waals surface area contributed by atoms with E-state index < -0.39 is 0 Å². The molecule has 1 amide bonds. The Morgan fingerprint density at radius 1 is 1.11 bits per heavy atom. The van der Waals surface area contributed by atoms with E-state index in [1.807, 2.05) is 29.2 Å². The van der Waals surface area contributed by atoms with E-state index in [-0.39, 0.29) is 17.8 Å². The van der Waals surface area contributed by atoms with E-state index in [0.717, 1.165) is 42.9 Å². The molecule has 0 aliphatic carbocycles. The van der Waals surface area contributed by atoms with Crippen LogP contribution < -0.4 is 0 Å². The zero-order valence-corrected chi connectivity index (χ0v) is 16.3. The van der Waals surface area contributed by atoms with Crippen molar-refractivity contribution in [3.05, 3.63) is 30.2 Å². The predicted octanol–water partition coefficient (Wildman–Crippen LogP) is 2.42. The molecule has 2 aliphatic heterocycles. The molecule has 3 heterocycles. The molecule has 0 saturated carbocycles. The summed E-state index contributed by atoms with van der Waals surface area (Å²) >= 11 is 0. The second kappa shape index (κ2) is 8.31. The number of piperidine rings is 2. The van der Waals surface area contributed by atoms with Gasteiger partial charge in [-0.3, -0.25) is 14.5 Å². The SMILES string of the molecule is COC(=O)C1CCN(C(=O)CN2CCC(c3nc4ccccc4o3)CC2)CC1. The van der Waals surface area contributed by atoms with Crippen LogP contribution in [0.25, 0.3) is 11.1 Å². The molecular weight excluding hydrogens is 358 g/mol. The summed E-state index contributed by atoms with van der Waals surface area (Å²) in [5.74, 6) is 1.06. The molecule has 7 heteroatoms. The Bertz CT molecular complexity index is 800. The fourth-order valence-corrected chi connectivity index (χ4v) is 4.23. The third-order valence-electron chi connectivity index (χ3n) is 5.99. The first-order chi connectivity index (χ1) is 13.6. The number of aromatic nitrogens is 1. The van der Waals surface area contributed by atoms with Gasteiger partial charge in [0.25, 0.3) is 0 Å². The molecule has 2 fully saturated rings. The van der Waals surface area contributed by atoms with Crippen molar-refractivity contribution >= 4 is 23.0 Å². The fraction of sp³-hybridized carbons (Fsp3) is 0.571. The lowest BCUT2D eigenvalue weighted by atomic mass is 9.96. The van der Waals surface area contributed by atoms with Gasteiger partial charge in [0.05, 0.1) is 19.6 Å². The molecular formula is C21H27N3O4. The predicted molar refractivity (Wildman–Crippen MR) is 104 cm³/mol. The number of ether oxygens (including phenoxy) is 1. The number of nitrogens with zero attached hydrogens (tertiary/aromatic N) is 3. The average Bonchev–Trinajstić information content (AvgIpc) is 3.18. The van der Waals surface area contributed by atoms with Gasteiger partial charge in [0.15, 0.2) is 11.5 Å². The van der Waals surface area contributed by atoms with Crippen LogP contribution in [-0.2, 0) is 14.3 Å². The lowest BCUT2D eigenvalue weighted by Crippen LogP contribution is -2.46. The minimum Gasteiger partial charge on any atom is -0.469 e. The van der Waals surface area contributed by atoms with Gasteiger partial charge in [0.2, 0.25) is 5.91 Å². The molecule has 0 radical (unpaired) electrons. The number of hydrogen-bond donors (Lipinski definition) is 0. The van der Waals surface area contributed by atoms with Crippen molar-refractivity contribution in [2.45, 2.75) is 31.6 Å². The zero-order chi connectivity index (χ0) is 19.5. The van der Waals surface area contributed by atoms with Crippen molar-refractivity contribution in [1.29, 1.82) is 0 Å². The summed E-state index contributed by atoms with van der Waals surface area (Å²) in [6.45, 7) is 3.46. The number of carbonyl (C=O) groups is 2. The molecule has 1 aromatic carbocycles. The standard InChI is InChI=1S/C21H27N3O4/c1-27-21(26)16-8-12-24(13-9-16)19(25)14-23-10-6-15(7-11-23)20-22-17-4-2-3-5-18(17)28-20/h2-5,15-16H,6-14H2,1H3. The molecule has 0 bridgehead atoms. The first-order valence-corrected chi connectivity index (χ1v) is 10.1. The molecule has 0 atom stereocenters. The van der Waals surface area contributed by atoms with Crippen molar-refractivity contribution in [3.8, 4) is 0 Å². The smallest absolute Gasteiger partial charge is 0.308 e. The fourth-order valence-electron chi connectivity index (χ4n) is 4.23. The second-order valence-corrected chi connectivity index (χ2v) is 7.75. The quantitative estimate of drug-likeness (QED) is 0.753. The summed E-state index contributed by atoms with van der Waals surface area (Å²) in [6.07, 6.45) is 3.28. The minimum atomic E-state index is -0.159. The highest BCUT2D eigenvalue weighted by Crippen LogP contribution is 2.30. The summed E-state index contributed by atoms with van der Waals surface area (Å²) < 4.78 is 10.7. The number of amides is 1. The highest BCUT2D eigenvalue weighted by atomic mass is 16.5. The van der Waals surface area contributed by atoms with Gasteiger partial charge >= 0.3 is 5.97 Å². The van der Waals surface area contributed by atoms with E-state index in [4.69, 9.17) is 9.15 Å². The Morgan fingerprint density at radius 2 is 1.82 bits per heavy atom. The number of benzene rings is 1. The van der Waals surface area contributed by atoms with Crippen molar-refractivity contribution in [2.24, 2.45) is 5.92 Å². The highest BCUT2D eigenvalue weighted by molar-refractivity contribution is 5.79. The molecule has 2 aromatic rings. The first-order valence-electron chi connectivity index (χ1n) is 10.1. The molecule has 1 aromatic heterocycles. The zero-order valence-electron chi connectivity index (χ0n) is 16.3. The van der Waals surface area contributed by atoms with Gasteiger partial charge in [-0.15, -0.1) is 0 Å². The Balaban J connectivity index is 1.25. The maximum absolute atomic E-state index is 12.6. The van der Waals surface area contributed by atoms with E-state index in [9.17, 15) is 9.59 Å². The Kier molecular flexibility index (Phi) is 5.62. The number of rotatable bonds is 4. The molecule has 0 spiro atoms. The maximum atomic E-state index is 12.6. The number of likely N-dealkylation sites (tertiary alicyclic amines) is 2. The van der Waals surface area contributed by atoms with Crippen molar-refractivity contribution in [2.75, 3.05) is 39.8 Å². The number of carbonyl (C=O) groups excluding carboxylic acids is 2. The van der Waals surface area contributed by atoms with Gasteiger partial charge in [-0.1, -0.05) is 12.1 Å². The molecule has 0 unspecified atom stereocenters. The van der Waals surface area contributed by atoms with Gasteiger partial charge in [-0.05, 0) is 50.9 Å². The Labute approximate surface area is 164 Å². The molecule has 150 valence electrons. The molecule has 2 saturated heterocycles. The molecule has 0 N–H and O–H groups in total. The van der Waals surface area contributed by atoms with Crippen molar-refractivity contribution in [1.82, 2.24) is 14.8 Å². The van der Waals surface area contributed by atoms with Gasteiger partial charge in [0.1, 0.15) is 5.52 Å². The molecule has 7 nitrogen and oxygen atoms in total. The maximum Gasteiger partial charge on any atom is 0.308 e. The van der Waals surface area contributed by atoms with Crippen LogP contribution >= 0.6 is 0 Å². The molecule has 2 aliphatic rings. The Hall–Kier alpha value is -2.41. The van der Waals surface area contributed by atoms with Crippen molar-refractivity contribution < 1.29 is 18.7 Å². The average molecular weight is 385 g/mol. The van der Waals surface area contributed by atoms with Crippen LogP contribution in [-0.4, -0.2) is 66.5 Å². The van der Waals surface area contributed by atoms with Gasteiger partial charge < -0.3 is 14.1 Å². The summed E-state index contributed by atoms with van der Waals surface area (Å²) in [5, 5.41) is 0. The van der Waals surface area contributed by atoms with E-state index >= 15 is 0 Å². The summed E-state index contributed by atoms with van der Waals surface area (Å²) in [5.41, 5.74) is 1.75.